The molecule has 1 aromatic heterocycles. The molecule has 1 unspecified atom stereocenters. The average Bonchev–Trinajstić information content (AvgIpc) is 2.87. The molecule has 1 atom stereocenters. The summed E-state index contributed by atoms with van der Waals surface area (Å²) in [4.78, 5) is 10.4. The Hall–Kier alpha value is -0.490. The quantitative estimate of drug-likeness (QED) is 0.868. The predicted octanol–water partition coefficient (Wildman–Crippen LogP) is 0.916. The lowest BCUT2D eigenvalue weighted by Gasteiger charge is -2.37. The minimum Gasteiger partial charge on any atom is -0.329 e. The number of hydrogen-bond acceptors (Lipinski definition) is 5. The molecular weight excluding hydrogens is 232 g/mol. The van der Waals surface area contributed by atoms with Crippen molar-refractivity contribution in [2.75, 3.05) is 33.7 Å². The Balaban J connectivity index is 2.08. The molecule has 0 spiro atoms. The molecule has 5 heteroatoms. The van der Waals surface area contributed by atoms with E-state index in [0.29, 0.717) is 0 Å². The van der Waals surface area contributed by atoms with Gasteiger partial charge in [-0.15, -0.1) is 11.3 Å². The van der Waals surface area contributed by atoms with Gasteiger partial charge >= 0.3 is 0 Å². The third-order valence-corrected chi connectivity index (χ3v) is 4.86. The zero-order chi connectivity index (χ0) is 12.5. The van der Waals surface area contributed by atoms with E-state index in [-0.39, 0.29) is 5.54 Å². The van der Waals surface area contributed by atoms with Crippen LogP contribution < -0.4 is 5.73 Å². The van der Waals surface area contributed by atoms with Gasteiger partial charge in [-0.2, -0.15) is 0 Å². The second-order valence-electron chi connectivity index (χ2n) is 5.13. The third kappa shape index (κ3) is 2.52. The molecule has 0 saturated carbocycles. The van der Waals surface area contributed by atoms with Crippen molar-refractivity contribution in [1.29, 1.82) is 0 Å². The third-order valence-electron chi connectivity index (χ3n) is 3.94. The topological polar surface area (TPSA) is 45.4 Å². The van der Waals surface area contributed by atoms with Gasteiger partial charge in [0, 0.05) is 30.1 Å². The number of rotatable bonds is 4. The lowest BCUT2D eigenvalue weighted by molar-refractivity contribution is 0.127. The van der Waals surface area contributed by atoms with Gasteiger partial charge in [-0.1, -0.05) is 0 Å². The lowest BCUT2D eigenvalue weighted by Crippen LogP contribution is -2.53. The number of nitrogens with zero attached hydrogens (tertiary/aromatic N) is 3. The number of nitrogens with two attached hydrogens (primary N) is 1. The van der Waals surface area contributed by atoms with E-state index in [9.17, 15) is 0 Å². The molecule has 0 bridgehead atoms. The van der Waals surface area contributed by atoms with Gasteiger partial charge in [0.25, 0.3) is 0 Å². The Labute approximate surface area is 107 Å². The van der Waals surface area contributed by atoms with Crippen LogP contribution in [0.1, 0.15) is 17.0 Å². The Kier molecular flexibility index (Phi) is 3.82. The van der Waals surface area contributed by atoms with E-state index in [4.69, 9.17) is 5.73 Å². The molecule has 0 aromatic carbocycles. The molecule has 1 aromatic rings. The second-order valence-corrected chi connectivity index (χ2v) is 6.07. The minimum atomic E-state index is 0.144. The summed E-state index contributed by atoms with van der Waals surface area (Å²) in [5.41, 5.74) is 9.24. The number of aromatic nitrogens is 1. The molecule has 1 aliphatic heterocycles. The largest absolute Gasteiger partial charge is 0.329 e. The smallest absolute Gasteiger partial charge is 0.0798 e. The Morgan fingerprint density at radius 3 is 2.88 bits per heavy atom. The first kappa shape index (κ1) is 13.0. The van der Waals surface area contributed by atoms with Crippen LogP contribution in [0.25, 0.3) is 0 Å². The van der Waals surface area contributed by atoms with Crippen molar-refractivity contribution >= 4 is 11.3 Å². The highest BCUT2D eigenvalue weighted by atomic mass is 32.1. The van der Waals surface area contributed by atoms with Crippen molar-refractivity contribution in [3.63, 3.8) is 0 Å². The molecule has 2 N–H and O–H groups in total. The van der Waals surface area contributed by atoms with E-state index < -0.39 is 0 Å². The highest BCUT2D eigenvalue weighted by molar-refractivity contribution is 7.09. The van der Waals surface area contributed by atoms with Crippen LogP contribution in [0.15, 0.2) is 5.51 Å². The van der Waals surface area contributed by atoms with Gasteiger partial charge in [0.1, 0.15) is 0 Å². The van der Waals surface area contributed by atoms with E-state index >= 15 is 0 Å². The molecule has 0 radical (unpaired) electrons. The van der Waals surface area contributed by atoms with Crippen molar-refractivity contribution in [2.24, 2.45) is 5.73 Å². The molecule has 17 heavy (non-hydrogen) atoms. The van der Waals surface area contributed by atoms with Gasteiger partial charge in [-0.05, 0) is 34.0 Å². The molecule has 1 fully saturated rings. The summed E-state index contributed by atoms with van der Waals surface area (Å²) >= 11 is 1.74. The molecule has 4 nitrogen and oxygen atoms in total. The summed E-state index contributed by atoms with van der Waals surface area (Å²) in [6.07, 6.45) is 1.16. The first-order valence-corrected chi connectivity index (χ1v) is 6.94. The zero-order valence-electron chi connectivity index (χ0n) is 10.9. The van der Waals surface area contributed by atoms with Gasteiger partial charge in [-0.3, -0.25) is 4.90 Å². The van der Waals surface area contributed by atoms with Crippen molar-refractivity contribution in [3.05, 3.63) is 16.1 Å². The Bertz CT molecular complexity index is 378. The van der Waals surface area contributed by atoms with Crippen LogP contribution >= 0.6 is 11.3 Å². The zero-order valence-corrected chi connectivity index (χ0v) is 11.8. The normalized spacial score (nSPS) is 25.9. The molecule has 0 amide bonds. The van der Waals surface area contributed by atoms with Crippen LogP contribution in [0.3, 0.4) is 0 Å². The number of likely N-dealkylation sites (tertiary alicyclic amines) is 1. The first-order chi connectivity index (χ1) is 8.07. The maximum absolute atomic E-state index is 6.02. The summed E-state index contributed by atoms with van der Waals surface area (Å²) in [6.45, 7) is 5.98. The molecule has 1 saturated heterocycles. The van der Waals surface area contributed by atoms with E-state index in [1.54, 1.807) is 11.3 Å². The fraction of sp³-hybridized carbons (Fsp3) is 0.750. The number of hydrogen-bond donors (Lipinski definition) is 1. The van der Waals surface area contributed by atoms with Crippen LogP contribution in [-0.4, -0.2) is 54.1 Å². The lowest BCUT2D eigenvalue weighted by atomic mass is 9.96. The van der Waals surface area contributed by atoms with E-state index in [2.05, 4.69) is 35.8 Å². The SMILES string of the molecule is Cc1ncsc1CN(C)C1(CN)CCN(C)C1. The average molecular weight is 254 g/mol. The molecule has 1 aliphatic rings. The van der Waals surface area contributed by atoms with Crippen molar-refractivity contribution < 1.29 is 0 Å². The fourth-order valence-corrected chi connectivity index (χ4v) is 3.38. The number of thiazole rings is 1. The van der Waals surface area contributed by atoms with E-state index in [0.717, 1.165) is 38.3 Å². The summed E-state index contributed by atoms with van der Waals surface area (Å²) < 4.78 is 0. The van der Waals surface area contributed by atoms with Gasteiger partial charge in [-0.25, -0.2) is 4.98 Å². The first-order valence-electron chi connectivity index (χ1n) is 6.06. The maximum Gasteiger partial charge on any atom is 0.0798 e. The summed E-state index contributed by atoms with van der Waals surface area (Å²) in [6, 6.07) is 0. The fourth-order valence-electron chi connectivity index (χ4n) is 2.55. The second kappa shape index (κ2) is 5.02. The molecule has 96 valence electrons. The maximum atomic E-state index is 6.02. The van der Waals surface area contributed by atoms with Crippen LogP contribution in [0.5, 0.6) is 0 Å². The number of likely N-dealkylation sites (N-methyl/N-ethyl adjacent to an activating group) is 2. The van der Waals surface area contributed by atoms with Gasteiger partial charge in [0.15, 0.2) is 0 Å². The van der Waals surface area contributed by atoms with Crippen molar-refractivity contribution in [3.8, 4) is 0 Å². The number of aryl methyl sites for hydroxylation is 1. The summed E-state index contributed by atoms with van der Waals surface area (Å²) in [5, 5.41) is 0. The van der Waals surface area contributed by atoms with Crippen LogP contribution in [0, 0.1) is 6.92 Å². The van der Waals surface area contributed by atoms with Gasteiger partial charge in [0.2, 0.25) is 0 Å². The van der Waals surface area contributed by atoms with Gasteiger partial charge in [0.05, 0.1) is 11.2 Å². The minimum absolute atomic E-state index is 0.144. The van der Waals surface area contributed by atoms with Crippen LogP contribution in [-0.2, 0) is 6.54 Å². The molecular formula is C12H22N4S. The summed E-state index contributed by atoms with van der Waals surface area (Å²) in [7, 11) is 4.36. The molecule has 2 rings (SSSR count). The van der Waals surface area contributed by atoms with Gasteiger partial charge < -0.3 is 10.6 Å². The monoisotopic (exact) mass is 254 g/mol. The van der Waals surface area contributed by atoms with Crippen LogP contribution in [0.4, 0.5) is 0 Å². The van der Waals surface area contributed by atoms with Crippen LogP contribution in [0.2, 0.25) is 0 Å². The highest BCUT2D eigenvalue weighted by Crippen LogP contribution is 2.27. The van der Waals surface area contributed by atoms with E-state index in [1.807, 2.05) is 5.51 Å². The molecule has 0 aliphatic carbocycles. The Morgan fingerprint density at radius 2 is 2.41 bits per heavy atom. The molecule has 2 heterocycles. The van der Waals surface area contributed by atoms with Crippen molar-refractivity contribution in [2.45, 2.75) is 25.4 Å². The van der Waals surface area contributed by atoms with Crippen molar-refractivity contribution in [1.82, 2.24) is 14.8 Å². The standard InChI is InChI=1S/C12H22N4S/c1-10-11(17-9-14-10)6-16(3)12(7-13)4-5-15(2)8-12/h9H,4-8,13H2,1-3H3. The van der Waals surface area contributed by atoms with E-state index in [1.165, 1.54) is 4.88 Å². The predicted molar refractivity (Wildman–Crippen MR) is 72.2 cm³/mol. The summed E-state index contributed by atoms with van der Waals surface area (Å²) in [5.74, 6) is 0. The Morgan fingerprint density at radius 1 is 1.65 bits per heavy atom. The highest BCUT2D eigenvalue weighted by Gasteiger charge is 2.39.